The Bertz CT molecular complexity index is 474. The largest absolute Gasteiger partial charge is 0.478 e. The van der Waals surface area contributed by atoms with Crippen LogP contribution in [-0.4, -0.2) is 30.1 Å². The van der Waals surface area contributed by atoms with Crippen LogP contribution in [0.4, 0.5) is 5.69 Å². The molecule has 0 saturated carbocycles. The number of carboxylic acid groups (broad SMARTS) is 1. The van der Waals surface area contributed by atoms with Crippen LogP contribution in [0.3, 0.4) is 0 Å². The molecular formula is C14H20N2O3. The molecule has 0 unspecified atom stereocenters. The third-order valence-electron chi connectivity index (χ3n) is 3.37. The van der Waals surface area contributed by atoms with Gasteiger partial charge in [0.25, 0.3) is 0 Å². The lowest BCUT2D eigenvalue weighted by Gasteiger charge is -2.25. The van der Waals surface area contributed by atoms with E-state index < -0.39 is 12.0 Å². The highest BCUT2D eigenvalue weighted by Crippen LogP contribution is 2.21. The topological polar surface area (TPSA) is 83.6 Å². The zero-order valence-corrected chi connectivity index (χ0v) is 11.5. The SMILES string of the molecule is CC[C@H](C)[C@H](N)C(=O)N(C)c1ccccc1C(=O)O. The average molecular weight is 264 g/mol. The number of hydrogen-bond donors (Lipinski definition) is 2. The molecule has 19 heavy (non-hydrogen) atoms. The third kappa shape index (κ3) is 3.32. The molecule has 0 aromatic heterocycles. The van der Waals surface area contributed by atoms with Crippen molar-refractivity contribution in [3.63, 3.8) is 0 Å². The summed E-state index contributed by atoms with van der Waals surface area (Å²) < 4.78 is 0. The fourth-order valence-corrected chi connectivity index (χ4v) is 1.79. The zero-order chi connectivity index (χ0) is 14.6. The molecule has 1 aromatic carbocycles. The lowest BCUT2D eigenvalue weighted by Crippen LogP contribution is -2.46. The van der Waals surface area contributed by atoms with Crippen molar-refractivity contribution in [3.8, 4) is 0 Å². The van der Waals surface area contributed by atoms with E-state index in [-0.39, 0.29) is 17.4 Å². The molecule has 5 nitrogen and oxygen atoms in total. The van der Waals surface area contributed by atoms with Crippen LogP contribution < -0.4 is 10.6 Å². The molecule has 2 atom stereocenters. The summed E-state index contributed by atoms with van der Waals surface area (Å²) in [5.41, 5.74) is 6.35. The molecule has 0 spiro atoms. The molecule has 5 heteroatoms. The number of benzene rings is 1. The Hall–Kier alpha value is -1.88. The highest BCUT2D eigenvalue weighted by Gasteiger charge is 2.25. The summed E-state index contributed by atoms with van der Waals surface area (Å²) in [4.78, 5) is 24.7. The standard InChI is InChI=1S/C14H20N2O3/c1-4-9(2)12(15)13(17)16(3)11-8-6-5-7-10(11)14(18)19/h5-9,12H,4,15H2,1-3H3,(H,18,19)/t9-,12-/m0/s1. The number of carboxylic acids is 1. The number of anilines is 1. The van der Waals surface area contributed by atoms with Gasteiger partial charge in [0.1, 0.15) is 0 Å². The van der Waals surface area contributed by atoms with Crippen molar-refractivity contribution in [2.24, 2.45) is 11.7 Å². The van der Waals surface area contributed by atoms with Crippen molar-refractivity contribution in [2.45, 2.75) is 26.3 Å². The summed E-state index contributed by atoms with van der Waals surface area (Å²) in [6.07, 6.45) is 0.793. The Morgan fingerprint density at radius 1 is 1.37 bits per heavy atom. The molecule has 0 heterocycles. The molecule has 104 valence electrons. The molecule has 0 aliphatic carbocycles. The first kappa shape index (κ1) is 15.2. The van der Waals surface area contributed by atoms with Crippen LogP contribution in [0.5, 0.6) is 0 Å². The van der Waals surface area contributed by atoms with Gasteiger partial charge in [0.05, 0.1) is 17.3 Å². The van der Waals surface area contributed by atoms with Crippen LogP contribution in [0.2, 0.25) is 0 Å². The molecule has 0 bridgehead atoms. The molecule has 0 aliphatic heterocycles. The Morgan fingerprint density at radius 3 is 2.47 bits per heavy atom. The van der Waals surface area contributed by atoms with E-state index in [1.54, 1.807) is 25.2 Å². The van der Waals surface area contributed by atoms with Gasteiger partial charge in [-0.3, -0.25) is 4.79 Å². The predicted molar refractivity (Wildman–Crippen MR) is 74.2 cm³/mol. The number of carbonyl (C=O) groups is 2. The van der Waals surface area contributed by atoms with Crippen molar-refractivity contribution < 1.29 is 14.7 Å². The maximum absolute atomic E-state index is 12.2. The summed E-state index contributed by atoms with van der Waals surface area (Å²) in [5.74, 6) is -1.29. The summed E-state index contributed by atoms with van der Waals surface area (Å²) in [6, 6.07) is 5.76. The maximum atomic E-state index is 12.2. The highest BCUT2D eigenvalue weighted by atomic mass is 16.4. The van der Waals surface area contributed by atoms with Crippen LogP contribution in [0.25, 0.3) is 0 Å². The minimum absolute atomic E-state index is 0.0481. The van der Waals surface area contributed by atoms with Crippen molar-refractivity contribution >= 4 is 17.6 Å². The smallest absolute Gasteiger partial charge is 0.337 e. The van der Waals surface area contributed by atoms with E-state index in [4.69, 9.17) is 10.8 Å². The number of rotatable bonds is 5. The quantitative estimate of drug-likeness (QED) is 0.848. The van der Waals surface area contributed by atoms with Gasteiger partial charge in [0.2, 0.25) is 5.91 Å². The number of hydrogen-bond acceptors (Lipinski definition) is 3. The van der Waals surface area contributed by atoms with Crippen LogP contribution in [0.15, 0.2) is 24.3 Å². The van der Waals surface area contributed by atoms with Gasteiger partial charge in [-0.1, -0.05) is 32.4 Å². The van der Waals surface area contributed by atoms with Gasteiger partial charge in [-0.05, 0) is 18.1 Å². The Balaban J connectivity index is 3.04. The molecule has 1 amide bonds. The van der Waals surface area contributed by atoms with E-state index >= 15 is 0 Å². The second-order valence-electron chi connectivity index (χ2n) is 4.63. The first-order valence-electron chi connectivity index (χ1n) is 6.25. The second-order valence-corrected chi connectivity index (χ2v) is 4.63. The number of amides is 1. The van der Waals surface area contributed by atoms with E-state index in [0.717, 1.165) is 6.42 Å². The third-order valence-corrected chi connectivity index (χ3v) is 3.37. The van der Waals surface area contributed by atoms with E-state index in [2.05, 4.69) is 0 Å². The zero-order valence-electron chi connectivity index (χ0n) is 11.5. The second kappa shape index (κ2) is 6.33. The van der Waals surface area contributed by atoms with Crippen LogP contribution in [0.1, 0.15) is 30.6 Å². The summed E-state index contributed by atoms with van der Waals surface area (Å²) in [5, 5.41) is 9.12. The molecule has 1 aromatic rings. The number of aromatic carboxylic acids is 1. The molecule has 1 rings (SSSR count). The van der Waals surface area contributed by atoms with Gasteiger partial charge in [0.15, 0.2) is 0 Å². The van der Waals surface area contributed by atoms with Crippen molar-refractivity contribution in [1.29, 1.82) is 0 Å². The van der Waals surface area contributed by atoms with E-state index in [9.17, 15) is 9.59 Å². The van der Waals surface area contributed by atoms with Gasteiger partial charge >= 0.3 is 5.97 Å². The van der Waals surface area contributed by atoms with Crippen LogP contribution in [0, 0.1) is 5.92 Å². The number of likely N-dealkylation sites (N-methyl/N-ethyl adjacent to an activating group) is 1. The molecular weight excluding hydrogens is 244 g/mol. The van der Waals surface area contributed by atoms with E-state index in [1.165, 1.54) is 11.0 Å². The highest BCUT2D eigenvalue weighted by molar-refractivity contribution is 6.03. The van der Waals surface area contributed by atoms with Crippen LogP contribution >= 0.6 is 0 Å². The molecule has 0 aliphatic rings. The molecule has 0 fully saturated rings. The first-order chi connectivity index (χ1) is 8.90. The fraction of sp³-hybridized carbons (Fsp3) is 0.429. The Labute approximate surface area is 113 Å². The van der Waals surface area contributed by atoms with Crippen molar-refractivity contribution in [3.05, 3.63) is 29.8 Å². The predicted octanol–water partition coefficient (Wildman–Crippen LogP) is 1.72. The fourth-order valence-electron chi connectivity index (χ4n) is 1.79. The van der Waals surface area contributed by atoms with Gasteiger partial charge in [-0.2, -0.15) is 0 Å². The molecule has 0 saturated heterocycles. The number of nitrogens with zero attached hydrogens (tertiary/aromatic N) is 1. The van der Waals surface area contributed by atoms with Gasteiger partial charge in [-0.25, -0.2) is 4.79 Å². The molecule has 3 N–H and O–H groups in total. The number of nitrogens with two attached hydrogens (primary N) is 1. The van der Waals surface area contributed by atoms with Crippen LogP contribution in [-0.2, 0) is 4.79 Å². The first-order valence-corrected chi connectivity index (χ1v) is 6.25. The van der Waals surface area contributed by atoms with E-state index in [0.29, 0.717) is 5.69 Å². The average Bonchev–Trinajstić information content (AvgIpc) is 2.43. The number of para-hydroxylation sites is 1. The van der Waals surface area contributed by atoms with Crippen molar-refractivity contribution in [1.82, 2.24) is 0 Å². The Morgan fingerprint density at radius 2 is 1.95 bits per heavy atom. The van der Waals surface area contributed by atoms with E-state index in [1.807, 2.05) is 13.8 Å². The number of carbonyl (C=O) groups excluding carboxylic acids is 1. The molecule has 0 radical (unpaired) electrons. The maximum Gasteiger partial charge on any atom is 0.337 e. The Kier molecular flexibility index (Phi) is 5.06. The lowest BCUT2D eigenvalue weighted by molar-refractivity contribution is -0.120. The summed E-state index contributed by atoms with van der Waals surface area (Å²) >= 11 is 0. The minimum atomic E-state index is -1.06. The van der Waals surface area contributed by atoms with Gasteiger partial charge in [0, 0.05) is 7.05 Å². The van der Waals surface area contributed by atoms with Crippen molar-refractivity contribution in [2.75, 3.05) is 11.9 Å². The summed E-state index contributed by atoms with van der Waals surface area (Å²) in [6.45, 7) is 3.86. The lowest BCUT2D eigenvalue weighted by atomic mass is 9.98. The summed E-state index contributed by atoms with van der Waals surface area (Å²) in [7, 11) is 1.55. The van der Waals surface area contributed by atoms with Gasteiger partial charge in [-0.15, -0.1) is 0 Å². The minimum Gasteiger partial charge on any atom is -0.478 e. The monoisotopic (exact) mass is 264 g/mol. The normalized spacial score (nSPS) is 13.7. The van der Waals surface area contributed by atoms with Gasteiger partial charge < -0.3 is 15.7 Å².